The number of methoxy groups -OCH3 is 1. The Labute approximate surface area is 170 Å². The van der Waals surface area contributed by atoms with Gasteiger partial charge in [0.1, 0.15) is 18.2 Å². The zero-order valence-electron chi connectivity index (χ0n) is 17.0. The quantitative estimate of drug-likeness (QED) is 0.397. The van der Waals surface area contributed by atoms with Crippen LogP contribution in [0.1, 0.15) is 31.1 Å². The van der Waals surface area contributed by atoms with Crippen molar-refractivity contribution >= 4 is 17.6 Å². The Kier molecular flexibility index (Phi) is 7.77. The van der Waals surface area contributed by atoms with E-state index in [0.717, 1.165) is 17.2 Å². The number of aryl methyl sites for hydroxylation is 1. The monoisotopic (exact) mass is 410 g/mol. The van der Waals surface area contributed by atoms with Crippen LogP contribution in [0, 0.1) is 12.7 Å². The molecule has 0 bridgehead atoms. The topological polar surface area (TPSA) is 76.4 Å². The van der Waals surface area contributed by atoms with Crippen molar-refractivity contribution in [1.29, 1.82) is 0 Å². The second kappa shape index (κ2) is 9.84. The van der Waals surface area contributed by atoms with Crippen LogP contribution in [0.2, 0.25) is 5.02 Å². The van der Waals surface area contributed by atoms with Crippen LogP contribution >= 0.6 is 11.6 Å². The fraction of sp³-hybridized carbons (Fsp3) is 0.526. The van der Waals surface area contributed by atoms with Gasteiger partial charge in [0, 0.05) is 37.7 Å². The minimum atomic E-state index is -0.347. The maximum absolute atomic E-state index is 13.4. The van der Waals surface area contributed by atoms with Crippen molar-refractivity contribution < 1.29 is 9.13 Å². The van der Waals surface area contributed by atoms with E-state index in [9.17, 15) is 4.39 Å². The number of aromatic nitrogens is 3. The van der Waals surface area contributed by atoms with Gasteiger partial charge < -0.3 is 19.9 Å². The van der Waals surface area contributed by atoms with Crippen LogP contribution in [0.15, 0.2) is 23.2 Å². The predicted molar refractivity (Wildman–Crippen MR) is 109 cm³/mol. The van der Waals surface area contributed by atoms with Gasteiger partial charge in [-0.15, -0.1) is 10.2 Å². The summed E-state index contributed by atoms with van der Waals surface area (Å²) in [7, 11) is 3.55. The van der Waals surface area contributed by atoms with E-state index in [1.54, 1.807) is 13.2 Å². The summed E-state index contributed by atoms with van der Waals surface area (Å²) < 4.78 is 20.4. The van der Waals surface area contributed by atoms with Crippen molar-refractivity contribution in [3.8, 4) is 0 Å². The Hall–Kier alpha value is -2.19. The standard InChI is InChI=1S/C19H28ClFN6O/c1-13-25-26-17(27(13)4)11-23-18(22-8-9-28-5)24-12-19(2,3)15-7-6-14(21)10-16(15)20/h6-7,10H,8-9,11-12H2,1-5H3,(H2,22,23,24). The SMILES string of the molecule is COCCNC(=NCc1nnc(C)n1C)NCC(C)(C)c1ccc(F)cc1Cl. The molecule has 0 aliphatic heterocycles. The van der Waals surface area contributed by atoms with Crippen LogP contribution in [0.3, 0.4) is 0 Å². The molecule has 1 aromatic heterocycles. The molecular weight excluding hydrogens is 383 g/mol. The van der Waals surface area contributed by atoms with Crippen LogP contribution in [0.4, 0.5) is 4.39 Å². The Morgan fingerprint density at radius 1 is 1.32 bits per heavy atom. The molecule has 0 spiro atoms. The molecule has 0 aliphatic rings. The van der Waals surface area contributed by atoms with Crippen molar-refractivity contribution in [2.75, 3.05) is 26.8 Å². The average Bonchev–Trinajstić information content (AvgIpc) is 2.95. The Balaban J connectivity index is 2.10. The Bertz CT molecular complexity index is 821. The molecule has 0 saturated heterocycles. The summed E-state index contributed by atoms with van der Waals surface area (Å²) >= 11 is 6.24. The molecule has 0 amide bonds. The van der Waals surface area contributed by atoms with E-state index in [-0.39, 0.29) is 11.2 Å². The summed E-state index contributed by atoms with van der Waals surface area (Å²) in [6, 6.07) is 4.48. The van der Waals surface area contributed by atoms with Crippen LogP contribution in [-0.2, 0) is 23.7 Å². The summed E-state index contributed by atoms with van der Waals surface area (Å²) in [6.45, 7) is 8.07. The van der Waals surface area contributed by atoms with Crippen LogP contribution in [0.25, 0.3) is 0 Å². The van der Waals surface area contributed by atoms with E-state index in [0.29, 0.717) is 37.2 Å². The molecule has 2 aromatic rings. The van der Waals surface area contributed by atoms with Crippen LogP contribution in [0.5, 0.6) is 0 Å². The van der Waals surface area contributed by atoms with Crippen molar-refractivity contribution in [1.82, 2.24) is 25.4 Å². The first kappa shape index (κ1) is 22.1. The van der Waals surface area contributed by atoms with Crippen LogP contribution in [-0.4, -0.2) is 47.5 Å². The van der Waals surface area contributed by atoms with Gasteiger partial charge in [0.25, 0.3) is 0 Å². The van der Waals surface area contributed by atoms with Gasteiger partial charge in [0.05, 0.1) is 6.61 Å². The highest BCUT2D eigenvalue weighted by molar-refractivity contribution is 6.31. The molecule has 2 N–H and O–H groups in total. The lowest BCUT2D eigenvalue weighted by Gasteiger charge is -2.28. The molecule has 154 valence electrons. The van der Waals surface area contributed by atoms with Crippen molar-refractivity contribution in [2.24, 2.45) is 12.0 Å². The van der Waals surface area contributed by atoms with Gasteiger partial charge in [-0.05, 0) is 24.6 Å². The normalized spacial score (nSPS) is 12.3. The molecular formula is C19H28ClFN6O. The number of ether oxygens (including phenoxy) is 1. The van der Waals surface area contributed by atoms with Crippen LogP contribution < -0.4 is 10.6 Å². The fourth-order valence-corrected chi connectivity index (χ4v) is 3.05. The molecule has 0 fully saturated rings. The summed E-state index contributed by atoms with van der Waals surface area (Å²) in [5.41, 5.74) is 0.527. The zero-order valence-corrected chi connectivity index (χ0v) is 17.8. The summed E-state index contributed by atoms with van der Waals surface area (Å²) in [5, 5.41) is 15.1. The second-order valence-electron chi connectivity index (χ2n) is 7.17. The fourth-order valence-electron chi connectivity index (χ4n) is 2.62. The number of rotatable bonds is 8. The first-order valence-electron chi connectivity index (χ1n) is 9.06. The number of guanidine groups is 1. The number of halogens is 2. The largest absolute Gasteiger partial charge is 0.383 e. The number of hydrogen-bond donors (Lipinski definition) is 2. The van der Waals surface area contributed by atoms with E-state index in [2.05, 4.69) is 25.8 Å². The number of nitrogens with zero attached hydrogens (tertiary/aromatic N) is 4. The molecule has 0 unspecified atom stereocenters. The number of aliphatic imine (C=N–C) groups is 1. The average molecular weight is 411 g/mol. The lowest BCUT2D eigenvalue weighted by molar-refractivity contribution is 0.203. The molecule has 7 nitrogen and oxygen atoms in total. The van der Waals surface area contributed by atoms with Gasteiger partial charge in [-0.1, -0.05) is 31.5 Å². The van der Waals surface area contributed by atoms with E-state index < -0.39 is 0 Å². The summed E-state index contributed by atoms with van der Waals surface area (Å²) in [6.07, 6.45) is 0. The van der Waals surface area contributed by atoms with E-state index in [1.807, 2.05) is 32.4 Å². The molecule has 1 heterocycles. The van der Waals surface area contributed by atoms with Crippen molar-refractivity contribution in [3.63, 3.8) is 0 Å². The molecule has 9 heteroatoms. The third-order valence-electron chi connectivity index (χ3n) is 4.52. The first-order chi connectivity index (χ1) is 13.2. The van der Waals surface area contributed by atoms with Crippen molar-refractivity contribution in [3.05, 3.63) is 46.3 Å². The molecule has 0 aliphatic carbocycles. The smallest absolute Gasteiger partial charge is 0.191 e. The molecule has 0 radical (unpaired) electrons. The Morgan fingerprint density at radius 2 is 2.07 bits per heavy atom. The van der Waals surface area contributed by atoms with E-state index in [4.69, 9.17) is 16.3 Å². The Morgan fingerprint density at radius 3 is 2.68 bits per heavy atom. The van der Waals surface area contributed by atoms with E-state index >= 15 is 0 Å². The lowest BCUT2D eigenvalue weighted by Crippen LogP contribution is -2.44. The van der Waals surface area contributed by atoms with Gasteiger partial charge >= 0.3 is 0 Å². The maximum Gasteiger partial charge on any atom is 0.191 e. The molecule has 2 rings (SSSR count). The van der Waals surface area contributed by atoms with Gasteiger partial charge in [-0.2, -0.15) is 0 Å². The summed E-state index contributed by atoms with van der Waals surface area (Å²) in [5.74, 6) is 1.88. The molecule has 28 heavy (non-hydrogen) atoms. The highest BCUT2D eigenvalue weighted by Gasteiger charge is 2.24. The van der Waals surface area contributed by atoms with Crippen molar-refractivity contribution in [2.45, 2.75) is 32.7 Å². The van der Waals surface area contributed by atoms with E-state index in [1.165, 1.54) is 12.1 Å². The number of nitrogens with one attached hydrogen (secondary N) is 2. The second-order valence-corrected chi connectivity index (χ2v) is 7.58. The highest BCUT2D eigenvalue weighted by atomic mass is 35.5. The number of hydrogen-bond acceptors (Lipinski definition) is 4. The van der Waals surface area contributed by atoms with Gasteiger partial charge in [0.15, 0.2) is 11.8 Å². The third-order valence-corrected chi connectivity index (χ3v) is 4.83. The predicted octanol–water partition coefficient (Wildman–Crippen LogP) is 2.58. The first-order valence-corrected chi connectivity index (χ1v) is 9.44. The van der Waals surface area contributed by atoms with Gasteiger partial charge in [-0.25, -0.2) is 9.38 Å². The maximum atomic E-state index is 13.4. The minimum absolute atomic E-state index is 0.337. The third kappa shape index (κ3) is 5.90. The van der Waals surface area contributed by atoms with Gasteiger partial charge in [0.2, 0.25) is 0 Å². The molecule has 1 aromatic carbocycles. The summed E-state index contributed by atoms with van der Waals surface area (Å²) in [4.78, 5) is 4.60. The number of benzene rings is 1. The molecule has 0 saturated carbocycles. The highest BCUT2D eigenvalue weighted by Crippen LogP contribution is 2.29. The minimum Gasteiger partial charge on any atom is -0.383 e. The lowest BCUT2D eigenvalue weighted by atomic mass is 9.84. The molecule has 0 atom stereocenters. The zero-order chi connectivity index (χ0) is 20.7. The van der Waals surface area contributed by atoms with Gasteiger partial charge in [-0.3, -0.25) is 0 Å².